The SMILES string of the molecule is CCCNCC(C)C(C)N1CCCC(C)C1C. The van der Waals surface area contributed by atoms with Crippen LogP contribution in [0.5, 0.6) is 0 Å². The molecule has 0 saturated carbocycles. The quantitative estimate of drug-likeness (QED) is 0.718. The van der Waals surface area contributed by atoms with Crippen molar-refractivity contribution < 1.29 is 0 Å². The van der Waals surface area contributed by atoms with Gasteiger partial charge in [-0.15, -0.1) is 0 Å². The molecule has 4 atom stereocenters. The molecule has 2 heteroatoms. The fourth-order valence-electron chi connectivity index (χ4n) is 2.95. The van der Waals surface area contributed by atoms with Crippen molar-refractivity contribution in [3.8, 4) is 0 Å². The smallest absolute Gasteiger partial charge is 0.0108 e. The van der Waals surface area contributed by atoms with Crippen molar-refractivity contribution in [2.75, 3.05) is 19.6 Å². The molecule has 102 valence electrons. The summed E-state index contributed by atoms with van der Waals surface area (Å²) < 4.78 is 0. The molecule has 0 radical (unpaired) electrons. The maximum atomic E-state index is 3.55. The summed E-state index contributed by atoms with van der Waals surface area (Å²) in [5, 5.41) is 3.55. The zero-order chi connectivity index (χ0) is 12.8. The Bertz CT molecular complexity index is 205. The molecular weight excluding hydrogens is 208 g/mol. The summed E-state index contributed by atoms with van der Waals surface area (Å²) in [4.78, 5) is 2.73. The van der Waals surface area contributed by atoms with E-state index in [1.807, 2.05) is 0 Å². The minimum absolute atomic E-state index is 0.706. The van der Waals surface area contributed by atoms with Gasteiger partial charge in [-0.05, 0) is 64.6 Å². The average Bonchev–Trinajstić information content (AvgIpc) is 2.32. The van der Waals surface area contributed by atoms with Gasteiger partial charge in [0.1, 0.15) is 0 Å². The van der Waals surface area contributed by atoms with Crippen LogP contribution in [-0.4, -0.2) is 36.6 Å². The van der Waals surface area contributed by atoms with Crippen LogP contribution in [0.3, 0.4) is 0 Å². The van der Waals surface area contributed by atoms with Crippen molar-refractivity contribution in [3.05, 3.63) is 0 Å². The zero-order valence-corrected chi connectivity index (χ0v) is 12.5. The Morgan fingerprint density at radius 1 is 1.29 bits per heavy atom. The van der Waals surface area contributed by atoms with E-state index in [1.54, 1.807) is 0 Å². The summed E-state index contributed by atoms with van der Waals surface area (Å²) >= 11 is 0. The molecule has 0 aromatic rings. The lowest BCUT2D eigenvalue weighted by Crippen LogP contribution is -2.50. The second-order valence-corrected chi connectivity index (χ2v) is 6.02. The molecule has 2 nitrogen and oxygen atoms in total. The molecule has 1 aliphatic heterocycles. The van der Waals surface area contributed by atoms with E-state index in [-0.39, 0.29) is 0 Å². The highest BCUT2D eigenvalue weighted by atomic mass is 15.2. The minimum Gasteiger partial charge on any atom is -0.316 e. The second-order valence-electron chi connectivity index (χ2n) is 6.02. The van der Waals surface area contributed by atoms with Gasteiger partial charge in [0.05, 0.1) is 0 Å². The predicted molar refractivity (Wildman–Crippen MR) is 76.4 cm³/mol. The van der Waals surface area contributed by atoms with E-state index in [9.17, 15) is 0 Å². The number of hydrogen-bond acceptors (Lipinski definition) is 2. The van der Waals surface area contributed by atoms with Crippen LogP contribution in [0.2, 0.25) is 0 Å². The fraction of sp³-hybridized carbons (Fsp3) is 1.00. The van der Waals surface area contributed by atoms with E-state index in [0.717, 1.165) is 31.0 Å². The molecule has 0 aromatic carbocycles. The Morgan fingerprint density at radius 3 is 2.65 bits per heavy atom. The second kappa shape index (κ2) is 7.38. The van der Waals surface area contributed by atoms with Crippen LogP contribution in [0, 0.1) is 11.8 Å². The van der Waals surface area contributed by atoms with Gasteiger partial charge in [0.2, 0.25) is 0 Å². The number of nitrogens with zero attached hydrogens (tertiary/aromatic N) is 1. The van der Waals surface area contributed by atoms with Gasteiger partial charge < -0.3 is 5.32 Å². The largest absolute Gasteiger partial charge is 0.316 e. The van der Waals surface area contributed by atoms with Crippen LogP contribution in [0.15, 0.2) is 0 Å². The monoisotopic (exact) mass is 240 g/mol. The van der Waals surface area contributed by atoms with Crippen molar-refractivity contribution in [1.29, 1.82) is 0 Å². The van der Waals surface area contributed by atoms with Gasteiger partial charge in [0.15, 0.2) is 0 Å². The molecule has 1 saturated heterocycles. The number of likely N-dealkylation sites (tertiary alicyclic amines) is 1. The number of piperidine rings is 1. The van der Waals surface area contributed by atoms with Gasteiger partial charge in [-0.25, -0.2) is 0 Å². The Balaban J connectivity index is 2.41. The zero-order valence-electron chi connectivity index (χ0n) is 12.5. The number of rotatable bonds is 6. The molecule has 0 bridgehead atoms. The molecule has 1 aliphatic rings. The Kier molecular flexibility index (Phi) is 6.50. The van der Waals surface area contributed by atoms with Crippen LogP contribution in [-0.2, 0) is 0 Å². The first-order chi connectivity index (χ1) is 8.07. The Morgan fingerprint density at radius 2 is 2.00 bits per heavy atom. The molecule has 0 aliphatic carbocycles. The third-order valence-corrected chi connectivity index (χ3v) is 4.66. The lowest BCUT2D eigenvalue weighted by Gasteiger charge is -2.43. The summed E-state index contributed by atoms with van der Waals surface area (Å²) in [6, 6.07) is 1.46. The Labute approximate surface area is 108 Å². The van der Waals surface area contributed by atoms with Gasteiger partial charge in [-0.1, -0.05) is 20.8 Å². The Hall–Kier alpha value is -0.0800. The molecule has 1 N–H and O–H groups in total. The predicted octanol–water partition coefficient (Wildman–Crippen LogP) is 3.13. The maximum Gasteiger partial charge on any atom is 0.0108 e. The summed E-state index contributed by atoms with van der Waals surface area (Å²) in [6.45, 7) is 15.5. The highest BCUT2D eigenvalue weighted by Crippen LogP contribution is 2.26. The van der Waals surface area contributed by atoms with Crippen LogP contribution in [0.4, 0.5) is 0 Å². The lowest BCUT2D eigenvalue weighted by molar-refractivity contribution is 0.0520. The molecule has 0 spiro atoms. The first-order valence-corrected chi connectivity index (χ1v) is 7.54. The van der Waals surface area contributed by atoms with Gasteiger partial charge >= 0.3 is 0 Å². The summed E-state index contributed by atoms with van der Waals surface area (Å²) in [5.41, 5.74) is 0. The summed E-state index contributed by atoms with van der Waals surface area (Å²) in [5.74, 6) is 1.61. The molecule has 1 heterocycles. The third-order valence-electron chi connectivity index (χ3n) is 4.66. The van der Waals surface area contributed by atoms with Gasteiger partial charge in [-0.2, -0.15) is 0 Å². The van der Waals surface area contributed by atoms with Crippen molar-refractivity contribution >= 4 is 0 Å². The van der Waals surface area contributed by atoms with Crippen LogP contribution >= 0.6 is 0 Å². The van der Waals surface area contributed by atoms with Crippen LogP contribution < -0.4 is 5.32 Å². The van der Waals surface area contributed by atoms with E-state index in [2.05, 4.69) is 44.8 Å². The molecule has 0 amide bonds. The van der Waals surface area contributed by atoms with E-state index < -0.39 is 0 Å². The molecular formula is C15H32N2. The van der Waals surface area contributed by atoms with Gasteiger partial charge in [0.25, 0.3) is 0 Å². The van der Waals surface area contributed by atoms with E-state index in [4.69, 9.17) is 0 Å². The molecule has 1 fully saturated rings. The van der Waals surface area contributed by atoms with Gasteiger partial charge in [0, 0.05) is 12.1 Å². The van der Waals surface area contributed by atoms with Crippen LogP contribution in [0.1, 0.15) is 53.9 Å². The molecule has 17 heavy (non-hydrogen) atoms. The fourth-order valence-corrected chi connectivity index (χ4v) is 2.95. The number of hydrogen-bond donors (Lipinski definition) is 1. The molecule has 0 aromatic heterocycles. The molecule has 4 unspecified atom stereocenters. The topological polar surface area (TPSA) is 15.3 Å². The summed E-state index contributed by atoms with van der Waals surface area (Å²) in [6.07, 6.45) is 4.02. The third kappa shape index (κ3) is 4.26. The normalized spacial score (nSPS) is 30.2. The number of nitrogens with one attached hydrogen (secondary N) is 1. The van der Waals surface area contributed by atoms with E-state index in [0.29, 0.717) is 6.04 Å². The lowest BCUT2D eigenvalue weighted by atomic mass is 9.88. The van der Waals surface area contributed by atoms with Crippen molar-refractivity contribution in [1.82, 2.24) is 10.2 Å². The average molecular weight is 240 g/mol. The van der Waals surface area contributed by atoms with E-state index >= 15 is 0 Å². The minimum atomic E-state index is 0.706. The van der Waals surface area contributed by atoms with Crippen molar-refractivity contribution in [2.45, 2.75) is 66.0 Å². The first kappa shape index (κ1) is 15.0. The molecule has 1 rings (SSSR count). The van der Waals surface area contributed by atoms with Crippen molar-refractivity contribution in [2.24, 2.45) is 11.8 Å². The highest BCUT2D eigenvalue weighted by Gasteiger charge is 2.30. The highest BCUT2D eigenvalue weighted by molar-refractivity contribution is 4.84. The van der Waals surface area contributed by atoms with E-state index in [1.165, 1.54) is 25.8 Å². The summed E-state index contributed by atoms with van der Waals surface area (Å²) in [7, 11) is 0. The van der Waals surface area contributed by atoms with Crippen LogP contribution in [0.25, 0.3) is 0 Å². The standard InChI is InChI=1S/C15H32N2/c1-6-9-16-11-13(3)15(5)17-10-7-8-12(2)14(17)4/h12-16H,6-11H2,1-5H3. The van der Waals surface area contributed by atoms with Gasteiger partial charge in [-0.3, -0.25) is 4.90 Å². The maximum absolute atomic E-state index is 3.55. The first-order valence-electron chi connectivity index (χ1n) is 7.54. The van der Waals surface area contributed by atoms with Crippen molar-refractivity contribution in [3.63, 3.8) is 0 Å².